The highest BCUT2D eigenvalue weighted by molar-refractivity contribution is 6.12. The Bertz CT molecular complexity index is 291. The first-order valence-corrected chi connectivity index (χ1v) is 4.10. The van der Waals surface area contributed by atoms with E-state index in [1.165, 1.54) is 0 Å². The minimum atomic E-state index is -0.116. The average molecular weight is 164 g/mol. The number of nitrogens with zero attached hydrogens (tertiary/aromatic N) is 3. The topological polar surface area (TPSA) is 19.7 Å². The second-order valence-corrected chi connectivity index (χ2v) is 3.38. The summed E-state index contributed by atoms with van der Waals surface area (Å²) in [5, 5.41) is 4.24. The SMILES string of the molecule is [C-]#[N+]C1C(C)=N[N+](C)=C1C(C)C. The van der Waals surface area contributed by atoms with Crippen molar-refractivity contribution in [1.82, 2.24) is 0 Å². The van der Waals surface area contributed by atoms with E-state index in [9.17, 15) is 0 Å². The summed E-state index contributed by atoms with van der Waals surface area (Å²) in [7, 11) is 1.91. The second-order valence-electron chi connectivity index (χ2n) is 3.38. The lowest BCUT2D eigenvalue weighted by molar-refractivity contribution is -0.501. The van der Waals surface area contributed by atoms with Gasteiger partial charge in [-0.05, 0) is 12.0 Å². The number of hydrazone groups is 1. The molecule has 0 aliphatic carbocycles. The zero-order valence-electron chi connectivity index (χ0n) is 8.00. The molecule has 0 aromatic heterocycles. The van der Waals surface area contributed by atoms with Crippen molar-refractivity contribution >= 4 is 11.4 Å². The first-order valence-electron chi connectivity index (χ1n) is 4.10. The van der Waals surface area contributed by atoms with Crippen LogP contribution < -0.4 is 0 Å². The summed E-state index contributed by atoms with van der Waals surface area (Å²) >= 11 is 0. The molecule has 1 heterocycles. The zero-order valence-corrected chi connectivity index (χ0v) is 8.00. The Morgan fingerprint density at radius 1 is 1.58 bits per heavy atom. The third-order valence-corrected chi connectivity index (χ3v) is 2.08. The standard InChI is InChI=1S/C9H14N3/c1-6(2)9-8(10-4)7(3)11-12(9)5/h6,8H,1-3,5H3/q+1. The fraction of sp³-hybridized carbons (Fsp3) is 0.667. The molecule has 0 saturated heterocycles. The van der Waals surface area contributed by atoms with Crippen LogP contribution in [-0.2, 0) is 0 Å². The lowest BCUT2D eigenvalue weighted by Gasteiger charge is -1.99. The Balaban J connectivity index is 3.04. The Hall–Kier alpha value is -1.17. The molecule has 3 heteroatoms. The van der Waals surface area contributed by atoms with E-state index in [-0.39, 0.29) is 6.04 Å². The number of rotatable bonds is 1. The van der Waals surface area contributed by atoms with Gasteiger partial charge in [-0.3, -0.25) is 4.85 Å². The van der Waals surface area contributed by atoms with Gasteiger partial charge in [-0.1, -0.05) is 18.5 Å². The molecule has 1 rings (SSSR count). The van der Waals surface area contributed by atoms with Gasteiger partial charge in [0.15, 0.2) is 12.8 Å². The van der Waals surface area contributed by atoms with Crippen molar-refractivity contribution in [3.63, 3.8) is 0 Å². The van der Waals surface area contributed by atoms with E-state index in [1.54, 1.807) is 0 Å². The van der Waals surface area contributed by atoms with Crippen LogP contribution in [0.5, 0.6) is 0 Å². The molecule has 0 saturated carbocycles. The lowest BCUT2D eigenvalue weighted by atomic mass is 9.99. The van der Waals surface area contributed by atoms with Crippen molar-refractivity contribution in [2.24, 2.45) is 11.0 Å². The molecule has 0 spiro atoms. The smallest absolute Gasteiger partial charge is 0.295 e. The summed E-state index contributed by atoms with van der Waals surface area (Å²) in [6, 6.07) is -0.116. The van der Waals surface area contributed by atoms with Gasteiger partial charge in [-0.15, -0.1) is 0 Å². The van der Waals surface area contributed by atoms with Gasteiger partial charge < -0.3 is 0 Å². The maximum atomic E-state index is 7.04. The summed E-state index contributed by atoms with van der Waals surface area (Å²) in [6.07, 6.45) is 0. The molecule has 1 atom stereocenters. The largest absolute Gasteiger partial charge is 0.347 e. The maximum absolute atomic E-state index is 7.04. The molecule has 1 aliphatic rings. The van der Waals surface area contributed by atoms with E-state index >= 15 is 0 Å². The van der Waals surface area contributed by atoms with Crippen LogP contribution >= 0.6 is 0 Å². The Labute approximate surface area is 73.2 Å². The maximum Gasteiger partial charge on any atom is 0.347 e. The van der Waals surface area contributed by atoms with Crippen LogP contribution in [0.4, 0.5) is 0 Å². The van der Waals surface area contributed by atoms with Crippen molar-refractivity contribution in [3.05, 3.63) is 11.4 Å². The zero-order chi connectivity index (χ0) is 9.30. The Morgan fingerprint density at radius 2 is 2.17 bits per heavy atom. The molecule has 3 nitrogen and oxygen atoms in total. The minimum absolute atomic E-state index is 0.116. The molecule has 1 unspecified atom stereocenters. The molecule has 0 amide bonds. The van der Waals surface area contributed by atoms with Crippen LogP contribution in [0.3, 0.4) is 0 Å². The normalized spacial score (nSPS) is 23.0. The van der Waals surface area contributed by atoms with Crippen LogP contribution in [-0.4, -0.2) is 29.2 Å². The van der Waals surface area contributed by atoms with E-state index < -0.39 is 0 Å². The van der Waals surface area contributed by atoms with E-state index in [0.29, 0.717) is 5.92 Å². The van der Waals surface area contributed by atoms with Gasteiger partial charge in [0.2, 0.25) is 0 Å². The van der Waals surface area contributed by atoms with Crippen molar-refractivity contribution < 1.29 is 4.68 Å². The van der Waals surface area contributed by atoms with Gasteiger partial charge in [0.25, 0.3) is 5.71 Å². The van der Waals surface area contributed by atoms with Gasteiger partial charge in [-0.25, -0.2) is 6.57 Å². The molecular formula is C9H14N3+. The van der Waals surface area contributed by atoms with Crippen LogP contribution in [0, 0.1) is 12.5 Å². The van der Waals surface area contributed by atoms with E-state index in [1.807, 2.05) is 18.7 Å². The molecular weight excluding hydrogens is 150 g/mol. The first kappa shape index (κ1) is 8.92. The van der Waals surface area contributed by atoms with Crippen molar-refractivity contribution in [1.29, 1.82) is 0 Å². The van der Waals surface area contributed by atoms with Gasteiger partial charge in [-0.2, -0.15) is 0 Å². The molecule has 0 fully saturated rings. The monoisotopic (exact) mass is 164 g/mol. The molecule has 12 heavy (non-hydrogen) atoms. The fourth-order valence-electron chi connectivity index (χ4n) is 1.59. The third-order valence-electron chi connectivity index (χ3n) is 2.08. The van der Waals surface area contributed by atoms with E-state index in [2.05, 4.69) is 23.8 Å². The summed E-state index contributed by atoms with van der Waals surface area (Å²) < 4.78 is 1.84. The highest BCUT2D eigenvalue weighted by Gasteiger charge is 2.40. The highest BCUT2D eigenvalue weighted by Crippen LogP contribution is 2.13. The summed E-state index contributed by atoms with van der Waals surface area (Å²) in [4.78, 5) is 3.56. The van der Waals surface area contributed by atoms with Crippen LogP contribution in [0.2, 0.25) is 0 Å². The molecule has 0 bridgehead atoms. The quantitative estimate of drug-likeness (QED) is 0.412. The van der Waals surface area contributed by atoms with E-state index in [4.69, 9.17) is 6.57 Å². The fourth-order valence-corrected chi connectivity index (χ4v) is 1.59. The Morgan fingerprint density at radius 3 is 2.50 bits per heavy atom. The van der Waals surface area contributed by atoms with Crippen LogP contribution in [0.15, 0.2) is 5.10 Å². The molecule has 1 aliphatic heterocycles. The van der Waals surface area contributed by atoms with Gasteiger partial charge in [0.1, 0.15) is 0 Å². The van der Waals surface area contributed by atoms with Crippen molar-refractivity contribution in [2.45, 2.75) is 26.8 Å². The molecule has 64 valence electrons. The summed E-state index contributed by atoms with van der Waals surface area (Å²) in [5.74, 6) is 0.398. The molecule has 0 N–H and O–H groups in total. The molecule has 0 aromatic rings. The first-order chi connectivity index (χ1) is 5.57. The Kier molecular flexibility index (Phi) is 2.27. The van der Waals surface area contributed by atoms with Gasteiger partial charge >= 0.3 is 6.04 Å². The van der Waals surface area contributed by atoms with Crippen molar-refractivity contribution in [2.75, 3.05) is 7.05 Å². The summed E-state index contributed by atoms with van der Waals surface area (Å²) in [6.45, 7) is 13.1. The predicted molar refractivity (Wildman–Crippen MR) is 49.5 cm³/mol. The van der Waals surface area contributed by atoms with E-state index in [0.717, 1.165) is 11.4 Å². The molecule has 0 radical (unpaired) electrons. The summed E-state index contributed by atoms with van der Waals surface area (Å²) in [5.41, 5.74) is 2.03. The number of hydrogen-bond donors (Lipinski definition) is 0. The second kappa shape index (κ2) is 3.06. The van der Waals surface area contributed by atoms with Crippen LogP contribution in [0.1, 0.15) is 20.8 Å². The molecule has 0 aromatic carbocycles. The van der Waals surface area contributed by atoms with Crippen LogP contribution in [0.25, 0.3) is 4.85 Å². The van der Waals surface area contributed by atoms with Gasteiger partial charge in [0.05, 0.1) is 0 Å². The van der Waals surface area contributed by atoms with Crippen molar-refractivity contribution in [3.8, 4) is 0 Å². The number of hydrogen-bond acceptors (Lipinski definition) is 1. The highest BCUT2D eigenvalue weighted by atomic mass is 15.4. The predicted octanol–water partition coefficient (Wildman–Crippen LogP) is 1.40. The average Bonchev–Trinajstić information content (AvgIpc) is 2.24. The van der Waals surface area contributed by atoms with Gasteiger partial charge in [0, 0.05) is 5.92 Å². The minimum Gasteiger partial charge on any atom is -0.295 e. The third kappa shape index (κ3) is 1.25. The lowest BCUT2D eigenvalue weighted by Crippen LogP contribution is -2.28.